The van der Waals surface area contributed by atoms with E-state index in [4.69, 9.17) is 19.9 Å². The number of carbonyl (C=O) groups is 2. The maximum absolute atomic E-state index is 11.5. The second-order valence-electron chi connectivity index (χ2n) is 5.58. The maximum atomic E-state index is 11.5. The van der Waals surface area contributed by atoms with Crippen LogP contribution in [0.25, 0.3) is 0 Å². The molecule has 0 fully saturated rings. The molecule has 0 rings (SSSR count). The van der Waals surface area contributed by atoms with Crippen molar-refractivity contribution >= 4 is 11.8 Å². The summed E-state index contributed by atoms with van der Waals surface area (Å²) in [5.41, 5.74) is 5.33. The lowest BCUT2D eigenvalue weighted by Gasteiger charge is -2.08. The highest BCUT2D eigenvalue weighted by Crippen LogP contribution is 1.87. The summed E-state index contributed by atoms with van der Waals surface area (Å²) in [5, 5.41) is 8.69. The van der Waals surface area contributed by atoms with E-state index in [1.54, 1.807) is 0 Å². The molecule has 0 saturated heterocycles. The zero-order valence-electron chi connectivity index (χ0n) is 16.0. The van der Waals surface area contributed by atoms with Crippen LogP contribution in [-0.2, 0) is 23.8 Å². The Labute approximate surface area is 156 Å². The van der Waals surface area contributed by atoms with Gasteiger partial charge in [-0.3, -0.25) is 9.59 Å². The summed E-state index contributed by atoms with van der Waals surface area (Å²) >= 11 is 0. The van der Waals surface area contributed by atoms with Gasteiger partial charge < -0.3 is 35.9 Å². The van der Waals surface area contributed by atoms with Gasteiger partial charge >= 0.3 is 0 Å². The van der Waals surface area contributed by atoms with Crippen LogP contribution in [0.4, 0.5) is 0 Å². The molecule has 0 aromatic carbocycles. The fourth-order valence-electron chi connectivity index (χ4n) is 1.89. The standard InChI is InChI=1S/C17H36N4O5/c1-2-19-7-3-5-16(22)21-9-10-24-11-12-25-13-14-26-15-17(23)20-8-4-6-18/h19H,2-15,18H2,1H3,(H,20,23)(H,21,22). The van der Waals surface area contributed by atoms with Crippen LogP contribution in [-0.4, -0.2) is 84.2 Å². The third kappa shape index (κ3) is 19.1. The number of ether oxygens (including phenoxy) is 3. The van der Waals surface area contributed by atoms with E-state index < -0.39 is 0 Å². The fraction of sp³-hybridized carbons (Fsp3) is 0.882. The summed E-state index contributed by atoms with van der Waals surface area (Å²) in [5.74, 6) is -0.0996. The Balaban J connectivity index is 3.19. The molecule has 0 atom stereocenters. The van der Waals surface area contributed by atoms with Crippen LogP contribution >= 0.6 is 0 Å². The minimum Gasteiger partial charge on any atom is -0.377 e. The summed E-state index contributed by atoms with van der Waals surface area (Å²) in [6, 6.07) is 0. The average molecular weight is 376 g/mol. The Morgan fingerprint density at radius 1 is 0.808 bits per heavy atom. The van der Waals surface area contributed by atoms with E-state index in [0.29, 0.717) is 59.1 Å². The zero-order chi connectivity index (χ0) is 19.3. The van der Waals surface area contributed by atoms with Crippen LogP contribution in [0.2, 0.25) is 0 Å². The molecule has 0 aromatic rings. The number of amides is 2. The van der Waals surface area contributed by atoms with E-state index >= 15 is 0 Å². The summed E-state index contributed by atoms with van der Waals surface area (Å²) in [6.45, 7) is 7.60. The van der Waals surface area contributed by atoms with Gasteiger partial charge in [0.05, 0.1) is 33.0 Å². The molecule has 9 nitrogen and oxygen atoms in total. The van der Waals surface area contributed by atoms with Crippen molar-refractivity contribution in [3.05, 3.63) is 0 Å². The van der Waals surface area contributed by atoms with Gasteiger partial charge in [0.2, 0.25) is 11.8 Å². The molecule has 0 radical (unpaired) electrons. The van der Waals surface area contributed by atoms with Gasteiger partial charge in [0, 0.05) is 19.5 Å². The van der Waals surface area contributed by atoms with Crippen LogP contribution in [0.15, 0.2) is 0 Å². The largest absolute Gasteiger partial charge is 0.377 e. The van der Waals surface area contributed by atoms with E-state index in [2.05, 4.69) is 16.0 Å². The Morgan fingerprint density at radius 3 is 2.15 bits per heavy atom. The third-order valence-corrected chi connectivity index (χ3v) is 3.26. The van der Waals surface area contributed by atoms with E-state index in [9.17, 15) is 9.59 Å². The van der Waals surface area contributed by atoms with Gasteiger partial charge in [0.1, 0.15) is 6.61 Å². The van der Waals surface area contributed by atoms with Gasteiger partial charge in [0.25, 0.3) is 0 Å². The van der Waals surface area contributed by atoms with Crippen molar-refractivity contribution in [3.63, 3.8) is 0 Å². The topological polar surface area (TPSA) is 124 Å². The number of hydrogen-bond donors (Lipinski definition) is 4. The minimum absolute atomic E-state index is 0.0264. The third-order valence-electron chi connectivity index (χ3n) is 3.26. The Morgan fingerprint density at radius 2 is 1.46 bits per heavy atom. The smallest absolute Gasteiger partial charge is 0.246 e. The first-order valence-corrected chi connectivity index (χ1v) is 9.38. The van der Waals surface area contributed by atoms with Gasteiger partial charge in [-0.1, -0.05) is 6.92 Å². The molecular weight excluding hydrogens is 340 g/mol. The lowest BCUT2D eigenvalue weighted by atomic mass is 10.3. The Hall–Kier alpha value is -1.26. The van der Waals surface area contributed by atoms with Crippen molar-refractivity contribution in [1.82, 2.24) is 16.0 Å². The van der Waals surface area contributed by atoms with Crippen LogP contribution in [0.3, 0.4) is 0 Å². The van der Waals surface area contributed by atoms with Gasteiger partial charge in [-0.15, -0.1) is 0 Å². The highest BCUT2D eigenvalue weighted by Gasteiger charge is 2.01. The molecule has 0 heterocycles. The number of nitrogens with one attached hydrogen (secondary N) is 3. The molecule has 0 aliphatic carbocycles. The monoisotopic (exact) mass is 376 g/mol. The number of rotatable bonds is 19. The van der Waals surface area contributed by atoms with E-state index in [-0.39, 0.29) is 18.4 Å². The van der Waals surface area contributed by atoms with Crippen molar-refractivity contribution in [2.75, 3.05) is 72.4 Å². The summed E-state index contributed by atoms with van der Waals surface area (Å²) in [6.07, 6.45) is 2.13. The van der Waals surface area contributed by atoms with Crippen molar-refractivity contribution in [2.24, 2.45) is 5.73 Å². The minimum atomic E-state index is -0.148. The Bertz CT molecular complexity index is 345. The molecule has 0 aromatic heterocycles. The second kappa shape index (κ2) is 20.1. The molecule has 0 aliphatic heterocycles. The molecule has 26 heavy (non-hydrogen) atoms. The molecule has 0 bridgehead atoms. The van der Waals surface area contributed by atoms with E-state index in [0.717, 1.165) is 25.9 Å². The quantitative estimate of drug-likeness (QED) is 0.213. The second-order valence-corrected chi connectivity index (χ2v) is 5.58. The van der Waals surface area contributed by atoms with Crippen molar-refractivity contribution in [1.29, 1.82) is 0 Å². The van der Waals surface area contributed by atoms with Gasteiger partial charge in [-0.05, 0) is 32.5 Å². The summed E-state index contributed by atoms with van der Waals surface area (Å²) in [4.78, 5) is 22.8. The number of carbonyl (C=O) groups excluding carboxylic acids is 2. The molecule has 2 amide bonds. The Kier molecular flexibility index (Phi) is 19.1. The first-order valence-electron chi connectivity index (χ1n) is 9.38. The number of hydrogen-bond acceptors (Lipinski definition) is 7. The summed E-state index contributed by atoms with van der Waals surface area (Å²) < 4.78 is 15.9. The van der Waals surface area contributed by atoms with Crippen LogP contribution in [0, 0.1) is 0 Å². The maximum Gasteiger partial charge on any atom is 0.246 e. The predicted octanol–water partition coefficient (Wildman–Crippen LogP) is -0.993. The molecular formula is C17H36N4O5. The number of nitrogens with two attached hydrogens (primary N) is 1. The lowest BCUT2D eigenvalue weighted by Crippen LogP contribution is -2.30. The molecule has 5 N–H and O–H groups in total. The van der Waals surface area contributed by atoms with Crippen LogP contribution in [0.5, 0.6) is 0 Å². The SMILES string of the molecule is CCNCCCC(=O)NCCOCCOCCOCC(=O)NCCCN. The first-order chi connectivity index (χ1) is 12.7. The predicted molar refractivity (Wildman–Crippen MR) is 99.9 cm³/mol. The van der Waals surface area contributed by atoms with Gasteiger partial charge in [0.15, 0.2) is 0 Å². The molecule has 9 heteroatoms. The van der Waals surface area contributed by atoms with Crippen LogP contribution < -0.4 is 21.7 Å². The van der Waals surface area contributed by atoms with Crippen molar-refractivity contribution in [2.45, 2.75) is 26.2 Å². The molecule has 154 valence electrons. The normalized spacial score (nSPS) is 10.7. The molecule has 0 unspecified atom stereocenters. The molecule has 0 aliphatic rings. The fourth-order valence-corrected chi connectivity index (χ4v) is 1.89. The molecule has 0 spiro atoms. The highest BCUT2D eigenvalue weighted by atomic mass is 16.5. The average Bonchev–Trinajstić information content (AvgIpc) is 2.63. The zero-order valence-corrected chi connectivity index (χ0v) is 16.0. The van der Waals surface area contributed by atoms with Crippen LogP contribution in [0.1, 0.15) is 26.2 Å². The van der Waals surface area contributed by atoms with E-state index in [1.165, 1.54) is 0 Å². The van der Waals surface area contributed by atoms with E-state index in [1.807, 2.05) is 6.92 Å². The molecule has 0 saturated carbocycles. The van der Waals surface area contributed by atoms with Crippen molar-refractivity contribution in [3.8, 4) is 0 Å². The van der Waals surface area contributed by atoms with Crippen molar-refractivity contribution < 1.29 is 23.8 Å². The highest BCUT2D eigenvalue weighted by molar-refractivity contribution is 5.77. The summed E-state index contributed by atoms with van der Waals surface area (Å²) in [7, 11) is 0. The van der Waals surface area contributed by atoms with Gasteiger partial charge in [-0.25, -0.2) is 0 Å². The van der Waals surface area contributed by atoms with Gasteiger partial charge in [-0.2, -0.15) is 0 Å². The lowest BCUT2D eigenvalue weighted by molar-refractivity contribution is -0.126. The first kappa shape index (κ1) is 24.7.